The van der Waals surface area contributed by atoms with Gasteiger partial charge >= 0.3 is 5.97 Å². The Kier molecular flexibility index (Phi) is 6.87. The van der Waals surface area contributed by atoms with Crippen LogP contribution in [0.5, 0.6) is 0 Å². The van der Waals surface area contributed by atoms with Gasteiger partial charge in [0.15, 0.2) is 0 Å². The molecule has 0 amide bonds. The number of carbonyl (C=O) groups is 1. The normalized spacial score (nSPS) is 20.4. The minimum absolute atomic E-state index is 0.558. The van der Waals surface area contributed by atoms with Crippen LogP contribution in [0.3, 0.4) is 0 Å². The number of hydrogen-bond donors (Lipinski definition) is 2. The number of hydrogen-bond acceptors (Lipinski definition) is 5. The average molecular weight is 261 g/mol. The lowest BCUT2D eigenvalue weighted by molar-refractivity contribution is -0.138. The van der Waals surface area contributed by atoms with E-state index in [0.717, 1.165) is 44.2 Å². The number of thioether (sulfide) groups is 1. The molecular weight excluding hydrogens is 238 g/mol. The zero-order valence-corrected chi connectivity index (χ0v) is 11.3. The SMILES string of the molecule is CN1CCN(CCSCCC(N)C(=O)O)CC1. The number of carboxylic acids is 1. The van der Waals surface area contributed by atoms with E-state index in [4.69, 9.17) is 10.8 Å². The fourth-order valence-electron chi connectivity index (χ4n) is 1.70. The van der Waals surface area contributed by atoms with Gasteiger partial charge in [0.05, 0.1) is 0 Å². The van der Waals surface area contributed by atoms with Crippen molar-refractivity contribution in [3.05, 3.63) is 0 Å². The molecule has 0 aromatic rings. The van der Waals surface area contributed by atoms with Crippen LogP contribution in [0.2, 0.25) is 0 Å². The smallest absolute Gasteiger partial charge is 0.320 e. The maximum absolute atomic E-state index is 10.5. The van der Waals surface area contributed by atoms with Crippen LogP contribution in [0.4, 0.5) is 0 Å². The van der Waals surface area contributed by atoms with E-state index < -0.39 is 12.0 Å². The third kappa shape index (κ3) is 6.26. The monoisotopic (exact) mass is 261 g/mol. The molecule has 100 valence electrons. The third-order valence-electron chi connectivity index (χ3n) is 3.04. The first-order chi connectivity index (χ1) is 8.09. The summed E-state index contributed by atoms with van der Waals surface area (Å²) in [5, 5.41) is 8.62. The number of nitrogens with two attached hydrogens (primary N) is 1. The van der Waals surface area contributed by atoms with Crippen LogP contribution >= 0.6 is 11.8 Å². The molecule has 0 spiro atoms. The van der Waals surface area contributed by atoms with Gasteiger partial charge < -0.3 is 15.7 Å². The first kappa shape index (κ1) is 14.8. The fourth-order valence-corrected chi connectivity index (χ4v) is 2.71. The molecule has 0 aromatic heterocycles. The Balaban J connectivity index is 1.95. The molecule has 17 heavy (non-hydrogen) atoms. The Morgan fingerprint density at radius 2 is 2.00 bits per heavy atom. The zero-order valence-electron chi connectivity index (χ0n) is 10.5. The first-order valence-electron chi connectivity index (χ1n) is 6.06. The van der Waals surface area contributed by atoms with Crippen molar-refractivity contribution in [2.75, 3.05) is 51.3 Å². The molecule has 1 unspecified atom stereocenters. The van der Waals surface area contributed by atoms with Crippen LogP contribution < -0.4 is 5.73 Å². The van der Waals surface area contributed by atoms with Gasteiger partial charge in [0, 0.05) is 38.5 Å². The second-order valence-corrected chi connectivity index (χ2v) is 5.72. The van der Waals surface area contributed by atoms with Crippen molar-refractivity contribution >= 4 is 17.7 Å². The molecule has 1 fully saturated rings. The minimum Gasteiger partial charge on any atom is -0.480 e. The van der Waals surface area contributed by atoms with Crippen molar-refractivity contribution in [1.82, 2.24) is 9.80 Å². The van der Waals surface area contributed by atoms with Gasteiger partial charge in [0.2, 0.25) is 0 Å². The highest BCUT2D eigenvalue weighted by Crippen LogP contribution is 2.06. The number of aliphatic carboxylic acids is 1. The Bertz CT molecular complexity index is 233. The largest absolute Gasteiger partial charge is 0.480 e. The second-order valence-electron chi connectivity index (χ2n) is 4.49. The highest BCUT2D eigenvalue weighted by atomic mass is 32.2. The van der Waals surface area contributed by atoms with Crippen molar-refractivity contribution < 1.29 is 9.90 Å². The van der Waals surface area contributed by atoms with Gasteiger partial charge in [-0.2, -0.15) is 11.8 Å². The van der Waals surface area contributed by atoms with Gasteiger partial charge in [-0.25, -0.2) is 0 Å². The molecule has 0 bridgehead atoms. The number of nitrogens with zero attached hydrogens (tertiary/aromatic N) is 2. The summed E-state index contributed by atoms with van der Waals surface area (Å²) in [5.41, 5.74) is 5.43. The van der Waals surface area contributed by atoms with E-state index in [9.17, 15) is 4.79 Å². The molecule has 1 heterocycles. The topological polar surface area (TPSA) is 69.8 Å². The average Bonchev–Trinajstić information content (AvgIpc) is 2.30. The highest BCUT2D eigenvalue weighted by molar-refractivity contribution is 7.99. The summed E-state index contributed by atoms with van der Waals surface area (Å²) in [4.78, 5) is 15.3. The molecule has 1 saturated heterocycles. The van der Waals surface area contributed by atoms with Crippen molar-refractivity contribution in [2.45, 2.75) is 12.5 Å². The lowest BCUT2D eigenvalue weighted by Crippen LogP contribution is -2.45. The third-order valence-corrected chi connectivity index (χ3v) is 4.03. The van der Waals surface area contributed by atoms with Crippen molar-refractivity contribution in [3.8, 4) is 0 Å². The van der Waals surface area contributed by atoms with E-state index in [1.165, 1.54) is 0 Å². The van der Waals surface area contributed by atoms with Crippen molar-refractivity contribution in [1.29, 1.82) is 0 Å². The van der Waals surface area contributed by atoms with Crippen molar-refractivity contribution in [2.24, 2.45) is 5.73 Å². The van der Waals surface area contributed by atoms with E-state index in [-0.39, 0.29) is 0 Å². The Morgan fingerprint density at radius 1 is 1.35 bits per heavy atom. The van der Waals surface area contributed by atoms with E-state index in [2.05, 4.69) is 16.8 Å². The lowest BCUT2D eigenvalue weighted by atomic mass is 10.2. The Morgan fingerprint density at radius 3 is 2.59 bits per heavy atom. The maximum atomic E-state index is 10.5. The van der Waals surface area contributed by atoms with E-state index in [1.807, 2.05) is 0 Å². The highest BCUT2D eigenvalue weighted by Gasteiger charge is 2.13. The molecule has 1 aliphatic rings. The molecule has 1 rings (SSSR count). The summed E-state index contributed by atoms with van der Waals surface area (Å²) < 4.78 is 0. The van der Waals surface area contributed by atoms with Gasteiger partial charge in [0.1, 0.15) is 6.04 Å². The molecule has 1 atom stereocenters. The molecule has 1 aliphatic heterocycles. The predicted molar refractivity (Wildman–Crippen MR) is 71.5 cm³/mol. The van der Waals surface area contributed by atoms with Crippen LogP contribution in [-0.2, 0) is 4.79 Å². The van der Waals surface area contributed by atoms with E-state index in [0.29, 0.717) is 6.42 Å². The summed E-state index contributed by atoms with van der Waals surface area (Å²) in [6, 6.07) is -0.703. The van der Waals surface area contributed by atoms with Gasteiger partial charge in [-0.15, -0.1) is 0 Å². The first-order valence-corrected chi connectivity index (χ1v) is 7.22. The van der Waals surface area contributed by atoms with E-state index in [1.54, 1.807) is 11.8 Å². The van der Waals surface area contributed by atoms with Gasteiger partial charge in [0.25, 0.3) is 0 Å². The quantitative estimate of drug-likeness (QED) is 0.617. The number of piperazine rings is 1. The molecule has 0 radical (unpaired) electrons. The van der Waals surface area contributed by atoms with Crippen LogP contribution in [0.15, 0.2) is 0 Å². The number of likely N-dealkylation sites (N-methyl/N-ethyl adjacent to an activating group) is 1. The minimum atomic E-state index is -0.898. The van der Waals surface area contributed by atoms with Crippen LogP contribution in [0.25, 0.3) is 0 Å². The zero-order chi connectivity index (χ0) is 12.7. The predicted octanol–water partition coefficient (Wildman–Crippen LogP) is -0.231. The number of carboxylic acid groups (broad SMARTS) is 1. The standard InChI is InChI=1S/C11H23N3O2S/c1-13-3-5-14(6-4-13)7-9-17-8-2-10(12)11(15)16/h10H,2-9,12H2,1H3,(H,15,16). The summed E-state index contributed by atoms with van der Waals surface area (Å²) in [5.74, 6) is 1.00. The van der Waals surface area contributed by atoms with Crippen LogP contribution in [0, 0.1) is 0 Å². The van der Waals surface area contributed by atoms with Crippen molar-refractivity contribution in [3.63, 3.8) is 0 Å². The van der Waals surface area contributed by atoms with Crippen LogP contribution in [0.1, 0.15) is 6.42 Å². The Hall–Kier alpha value is -0.300. The van der Waals surface area contributed by atoms with Crippen LogP contribution in [-0.4, -0.2) is 78.2 Å². The molecule has 0 aromatic carbocycles. The summed E-state index contributed by atoms with van der Waals surface area (Å²) >= 11 is 1.79. The molecular formula is C11H23N3O2S. The summed E-state index contributed by atoms with van der Waals surface area (Å²) in [6.07, 6.45) is 0.558. The van der Waals surface area contributed by atoms with Gasteiger partial charge in [-0.05, 0) is 19.2 Å². The number of rotatable bonds is 7. The summed E-state index contributed by atoms with van der Waals surface area (Å²) in [6.45, 7) is 5.68. The lowest BCUT2D eigenvalue weighted by Gasteiger charge is -2.32. The van der Waals surface area contributed by atoms with Gasteiger partial charge in [-0.3, -0.25) is 9.69 Å². The second kappa shape index (κ2) is 7.92. The van der Waals surface area contributed by atoms with E-state index >= 15 is 0 Å². The Labute approximate surface area is 107 Å². The molecule has 5 nitrogen and oxygen atoms in total. The molecule has 3 N–H and O–H groups in total. The maximum Gasteiger partial charge on any atom is 0.320 e. The molecule has 0 aliphatic carbocycles. The summed E-state index contributed by atoms with van der Waals surface area (Å²) in [7, 11) is 2.15. The fraction of sp³-hybridized carbons (Fsp3) is 0.909. The molecule has 6 heteroatoms. The van der Waals surface area contributed by atoms with Gasteiger partial charge in [-0.1, -0.05) is 0 Å². The molecule has 0 saturated carbocycles.